The lowest BCUT2D eigenvalue weighted by Crippen LogP contribution is -2.46. The molecule has 1 N–H and O–H groups in total. The van der Waals surface area contributed by atoms with Crippen molar-refractivity contribution in [2.24, 2.45) is 16.7 Å². The molecule has 4 rings (SSSR count). The Morgan fingerprint density at radius 2 is 2.00 bits per heavy atom. The van der Waals surface area contributed by atoms with Crippen LogP contribution >= 0.6 is 0 Å². The summed E-state index contributed by atoms with van der Waals surface area (Å²) in [6.45, 7) is 5.28. The number of ether oxygens (including phenoxy) is 2. The third-order valence-corrected chi connectivity index (χ3v) is 6.32. The van der Waals surface area contributed by atoms with Crippen LogP contribution in [0.2, 0.25) is 0 Å². The molecule has 2 aliphatic carbocycles. The third kappa shape index (κ3) is 2.07. The summed E-state index contributed by atoms with van der Waals surface area (Å²) in [5.74, 6) is 0.255. The second kappa shape index (κ2) is 5.39. The molecule has 1 heterocycles. The lowest BCUT2D eigenvalue weighted by Gasteiger charge is -2.34. The summed E-state index contributed by atoms with van der Waals surface area (Å²) in [6, 6.07) is 7.49. The van der Waals surface area contributed by atoms with E-state index in [1.54, 1.807) is 0 Å². The maximum atomic E-state index is 13.1. The summed E-state index contributed by atoms with van der Waals surface area (Å²) in [6.07, 6.45) is 1.77. The topological polar surface area (TPSA) is 64.6 Å². The Bertz CT molecular complexity index is 692. The quantitative estimate of drug-likeness (QED) is 0.866. The van der Waals surface area contributed by atoms with Crippen LogP contribution in [0.25, 0.3) is 0 Å². The molecule has 1 aromatic carbocycles. The van der Waals surface area contributed by atoms with Crippen LogP contribution in [-0.2, 0) is 19.1 Å². The molecule has 0 aromatic heterocycles. The first-order valence-corrected chi connectivity index (χ1v) is 8.63. The van der Waals surface area contributed by atoms with Gasteiger partial charge in [-0.2, -0.15) is 0 Å². The number of fused-ring (bicyclic) bond motifs is 2. The number of hydrogen-bond donors (Lipinski definition) is 1. The van der Waals surface area contributed by atoms with Gasteiger partial charge in [0, 0.05) is 17.7 Å². The summed E-state index contributed by atoms with van der Waals surface area (Å²) in [5.41, 5.74) is 0.409. The van der Waals surface area contributed by atoms with Crippen LogP contribution in [0.4, 0.5) is 5.69 Å². The van der Waals surface area contributed by atoms with Gasteiger partial charge in [-0.3, -0.25) is 9.59 Å². The maximum absolute atomic E-state index is 13.1. The Hall–Kier alpha value is -1.72. The number of rotatable bonds is 3. The van der Waals surface area contributed by atoms with Crippen LogP contribution < -0.4 is 5.32 Å². The van der Waals surface area contributed by atoms with Crippen LogP contribution in [0.3, 0.4) is 0 Å². The summed E-state index contributed by atoms with van der Waals surface area (Å²) in [4.78, 5) is 25.6. The number of nitrogens with one attached hydrogen (secondary N) is 1. The van der Waals surface area contributed by atoms with E-state index in [-0.39, 0.29) is 23.4 Å². The number of hydrogen-bond acceptors (Lipinski definition) is 4. The fourth-order valence-corrected chi connectivity index (χ4v) is 4.76. The van der Waals surface area contributed by atoms with E-state index in [0.717, 1.165) is 12.0 Å². The number of anilines is 1. The Labute approximate surface area is 141 Å². The Balaban J connectivity index is 1.58. The zero-order valence-corrected chi connectivity index (χ0v) is 14.1. The predicted octanol–water partition coefficient (Wildman–Crippen LogP) is 3.07. The molecule has 0 radical (unpaired) electrons. The second-order valence-corrected chi connectivity index (χ2v) is 7.64. The molecule has 2 saturated carbocycles. The van der Waals surface area contributed by atoms with Gasteiger partial charge in [0.15, 0.2) is 6.29 Å². The molecule has 1 aromatic rings. The number of carbonyl (C=O) groups excluding carboxylic acids is 2. The highest BCUT2D eigenvalue weighted by molar-refractivity contribution is 6.14. The highest BCUT2D eigenvalue weighted by atomic mass is 16.7. The van der Waals surface area contributed by atoms with Gasteiger partial charge >= 0.3 is 0 Å². The highest BCUT2D eigenvalue weighted by Crippen LogP contribution is 2.64. The van der Waals surface area contributed by atoms with Gasteiger partial charge in [-0.05, 0) is 36.3 Å². The van der Waals surface area contributed by atoms with E-state index in [9.17, 15) is 9.59 Å². The molecule has 1 amide bonds. The van der Waals surface area contributed by atoms with Crippen molar-refractivity contribution >= 4 is 17.4 Å². The number of benzene rings is 1. The Kier molecular flexibility index (Phi) is 3.55. The van der Waals surface area contributed by atoms with Crippen molar-refractivity contribution in [2.45, 2.75) is 39.4 Å². The molecule has 0 spiro atoms. The lowest BCUT2D eigenvalue weighted by atomic mass is 9.68. The average molecular weight is 329 g/mol. The van der Waals surface area contributed by atoms with E-state index >= 15 is 0 Å². The summed E-state index contributed by atoms with van der Waals surface area (Å²) >= 11 is 0. The molecule has 3 aliphatic rings. The minimum atomic E-state index is -0.881. The van der Waals surface area contributed by atoms with Gasteiger partial charge in [-0.15, -0.1) is 0 Å². The fourth-order valence-electron chi connectivity index (χ4n) is 4.76. The molecule has 3 fully saturated rings. The molecule has 5 heteroatoms. The van der Waals surface area contributed by atoms with Crippen molar-refractivity contribution in [2.75, 3.05) is 18.5 Å². The van der Waals surface area contributed by atoms with E-state index in [1.807, 2.05) is 24.3 Å². The number of amides is 1. The predicted molar refractivity (Wildman–Crippen MR) is 88.3 cm³/mol. The van der Waals surface area contributed by atoms with E-state index in [1.165, 1.54) is 0 Å². The van der Waals surface area contributed by atoms with Gasteiger partial charge < -0.3 is 14.8 Å². The molecular weight excluding hydrogens is 306 g/mol. The second-order valence-electron chi connectivity index (χ2n) is 7.64. The van der Waals surface area contributed by atoms with Gasteiger partial charge in [-0.1, -0.05) is 26.0 Å². The molecule has 2 unspecified atom stereocenters. The smallest absolute Gasteiger partial charge is 0.238 e. The van der Waals surface area contributed by atoms with Crippen molar-refractivity contribution < 1.29 is 19.1 Å². The van der Waals surface area contributed by atoms with Gasteiger partial charge in [0.2, 0.25) is 5.91 Å². The zero-order valence-electron chi connectivity index (χ0n) is 14.1. The standard InChI is InChI=1S/C19H23NO4/c1-18(2)13-6-7-19(18,15(21)11-13)17(22)20-14-5-3-4-12(10-14)16-23-8-9-24-16/h3-5,10,13,16H,6-9,11H2,1-2H3,(H,20,22). The number of carbonyl (C=O) groups is 2. The highest BCUT2D eigenvalue weighted by Gasteiger charge is 2.68. The van der Waals surface area contributed by atoms with E-state index in [2.05, 4.69) is 19.2 Å². The number of Topliss-reactive ketones (excluding diaryl/α,β-unsaturated/α-hetero) is 1. The summed E-state index contributed by atoms with van der Waals surface area (Å²) < 4.78 is 11.0. The molecule has 1 aliphatic heterocycles. The normalized spacial score (nSPS) is 31.6. The van der Waals surface area contributed by atoms with Gasteiger partial charge in [0.1, 0.15) is 11.2 Å². The number of ketones is 1. The Morgan fingerprint density at radius 1 is 1.25 bits per heavy atom. The lowest BCUT2D eigenvalue weighted by molar-refractivity contribution is -0.141. The molecule has 1 saturated heterocycles. The SMILES string of the molecule is CC1(C)C2CCC1(C(=O)Nc1cccc(C3OCCO3)c1)C(=O)C2. The van der Waals surface area contributed by atoms with Crippen molar-refractivity contribution in [3.05, 3.63) is 29.8 Å². The van der Waals surface area contributed by atoms with Gasteiger partial charge in [-0.25, -0.2) is 0 Å². The summed E-state index contributed by atoms with van der Waals surface area (Å²) in [5, 5.41) is 2.98. The molecule has 128 valence electrons. The molecule has 5 nitrogen and oxygen atoms in total. The van der Waals surface area contributed by atoms with Crippen LogP contribution in [0.5, 0.6) is 0 Å². The first-order chi connectivity index (χ1) is 11.4. The van der Waals surface area contributed by atoms with Crippen LogP contribution in [0.15, 0.2) is 24.3 Å². The van der Waals surface area contributed by atoms with Crippen molar-refractivity contribution in [1.82, 2.24) is 0 Å². The minimum Gasteiger partial charge on any atom is -0.346 e. The van der Waals surface area contributed by atoms with Gasteiger partial charge in [0.25, 0.3) is 0 Å². The third-order valence-electron chi connectivity index (χ3n) is 6.32. The first kappa shape index (κ1) is 15.8. The van der Waals surface area contributed by atoms with E-state index in [4.69, 9.17) is 9.47 Å². The Morgan fingerprint density at radius 3 is 2.62 bits per heavy atom. The monoisotopic (exact) mass is 329 g/mol. The molecule has 2 bridgehead atoms. The van der Waals surface area contributed by atoms with Crippen LogP contribution in [-0.4, -0.2) is 24.9 Å². The van der Waals surface area contributed by atoms with Crippen LogP contribution in [0, 0.1) is 16.7 Å². The zero-order chi connectivity index (χ0) is 16.9. The fraction of sp³-hybridized carbons (Fsp3) is 0.579. The first-order valence-electron chi connectivity index (χ1n) is 8.63. The van der Waals surface area contributed by atoms with Gasteiger partial charge in [0.05, 0.1) is 13.2 Å². The largest absolute Gasteiger partial charge is 0.346 e. The maximum Gasteiger partial charge on any atom is 0.238 e. The molecule has 24 heavy (non-hydrogen) atoms. The van der Waals surface area contributed by atoms with Crippen molar-refractivity contribution in [1.29, 1.82) is 0 Å². The van der Waals surface area contributed by atoms with Crippen LogP contribution in [0.1, 0.15) is 45.0 Å². The van der Waals surface area contributed by atoms with E-state index in [0.29, 0.717) is 37.7 Å². The molecular formula is C19H23NO4. The van der Waals surface area contributed by atoms with Crippen molar-refractivity contribution in [3.63, 3.8) is 0 Å². The summed E-state index contributed by atoms with van der Waals surface area (Å²) in [7, 11) is 0. The van der Waals surface area contributed by atoms with Crippen molar-refractivity contribution in [3.8, 4) is 0 Å². The molecule has 2 atom stereocenters. The van der Waals surface area contributed by atoms with E-state index < -0.39 is 5.41 Å². The minimum absolute atomic E-state index is 0.0971. The average Bonchev–Trinajstić information content (AvgIpc) is 3.21.